The molecule has 3 rings (SSSR count). The van der Waals surface area contributed by atoms with Crippen molar-refractivity contribution in [3.8, 4) is 0 Å². The van der Waals surface area contributed by atoms with Crippen LogP contribution in [0.25, 0.3) is 0 Å². The summed E-state index contributed by atoms with van der Waals surface area (Å²) in [6, 6.07) is 1.86. The Balaban J connectivity index is 1.48. The van der Waals surface area contributed by atoms with E-state index >= 15 is 0 Å². The van der Waals surface area contributed by atoms with Gasteiger partial charge in [0.05, 0.1) is 15.2 Å². The molecule has 2 amide bonds. The molecule has 132 valence electrons. The van der Waals surface area contributed by atoms with Crippen molar-refractivity contribution < 1.29 is 9.59 Å². The van der Waals surface area contributed by atoms with Gasteiger partial charge >= 0.3 is 0 Å². The molecule has 3 heterocycles. The molecular weight excluding hydrogens is 458 g/mol. The minimum Gasteiger partial charge on any atom is -0.342 e. The van der Waals surface area contributed by atoms with Crippen molar-refractivity contribution in [1.29, 1.82) is 0 Å². The fourth-order valence-corrected chi connectivity index (χ4v) is 5.16. The van der Waals surface area contributed by atoms with Crippen LogP contribution in [0.4, 0.5) is 0 Å². The van der Waals surface area contributed by atoms with Crippen LogP contribution in [-0.4, -0.2) is 72.3 Å². The number of hydrogen-bond acceptors (Lipinski definition) is 4. The lowest BCUT2D eigenvalue weighted by Crippen LogP contribution is -2.51. The topological polar surface area (TPSA) is 43.9 Å². The van der Waals surface area contributed by atoms with Gasteiger partial charge in [0.2, 0.25) is 5.91 Å². The number of likely N-dealkylation sites (tertiary alicyclic amines) is 1. The molecule has 0 aromatic carbocycles. The molecule has 0 radical (unpaired) electrons. The number of halogens is 2. The third kappa shape index (κ3) is 4.39. The van der Waals surface area contributed by atoms with Crippen LogP contribution in [-0.2, 0) is 4.79 Å². The summed E-state index contributed by atoms with van der Waals surface area (Å²) in [6.45, 7) is 5.17. The van der Waals surface area contributed by atoms with Gasteiger partial charge in [-0.25, -0.2) is 0 Å². The van der Waals surface area contributed by atoms with Crippen LogP contribution >= 0.6 is 43.2 Å². The Labute approximate surface area is 163 Å². The van der Waals surface area contributed by atoms with Gasteiger partial charge in [0.1, 0.15) is 0 Å². The molecule has 2 aliphatic rings. The number of hydrogen-bond donors (Lipinski definition) is 0. The van der Waals surface area contributed by atoms with E-state index in [-0.39, 0.29) is 11.8 Å². The molecule has 24 heavy (non-hydrogen) atoms. The lowest BCUT2D eigenvalue weighted by atomic mass is 10.1. The summed E-state index contributed by atoms with van der Waals surface area (Å²) >= 11 is 8.31. The van der Waals surface area contributed by atoms with Crippen molar-refractivity contribution in [3.63, 3.8) is 0 Å². The first-order chi connectivity index (χ1) is 11.5. The maximum atomic E-state index is 12.5. The third-order valence-electron chi connectivity index (χ3n) is 4.58. The molecule has 0 saturated carbocycles. The van der Waals surface area contributed by atoms with E-state index in [4.69, 9.17) is 0 Å². The van der Waals surface area contributed by atoms with E-state index in [9.17, 15) is 9.59 Å². The van der Waals surface area contributed by atoms with Crippen LogP contribution in [0.3, 0.4) is 0 Å². The summed E-state index contributed by atoms with van der Waals surface area (Å²) in [5.74, 6) is 0.314. The Morgan fingerprint density at radius 1 is 0.958 bits per heavy atom. The second kappa shape index (κ2) is 8.29. The highest BCUT2D eigenvalue weighted by Crippen LogP contribution is 2.33. The number of piperidine rings is 1. The molecule has 1 aromatic rings. The Morgan fingerprint density at radius 3 is 2.21 bits per heavy atom. The molecule has 5 nitrogen and oxygen atoms in total. The van der Waals surface area contributed by atoms with Crippen LogP contribution in [0, 0.1) is 0 Å². The Hall–Kier alpha value is -0.440. The lowest BCUT2D eigenvalue weighted by molar-refractivity contribution is -0.133. The number of piperazine rings is 1. The van der Waals surface area contributed by atoms with Gasteiger partial charge in [0, 0.05) is 43.7 Å². The zero-order valence-electron chi connectivity index (χ0n) is 13.5. The number of carbonyl (C=O) groups is 2. The first-order valence-electron chi connectivity index (χ1n) is 8.29. The van der Waals surface area contributed by atoms with Gasteiger partial charge in [-0.2, -0.15) is 0 Å². The molecule has 1 aromatic heterocycles. The molecule has 2 aliphatic heterocycles. The van der Waals surface area contributed by atoms with E-state index in [2.05, 4.69) is 36.8 Å². The van der Waals surface area contributed by atoms with E-state index in [1.165, 1.54) is 17.8 Å². The number of carbonyl (C=O) groups excluding carboxylic acids is 2. The van der Waals surface area contributed by atoms with E-state index in [0.717, 1.165) is 52.2 Å². The SMILES string of the molecule is O=C(CN1CCN(C(=O)c2cc(Br)c(Br)s2)CC1)N1CCCCC1. The first-order valence-corrected chi connectivity index (χ1v) is 10.7. The van der Waals surface area contributed by atoms with Crippen molar-refractivity contribution in [2.75, 3.05) is 45.8 Å². The summed E-state index contributed by atoms with van der Waals surface area (Å²) in [5.41, 5.74) is 0. The van der Waals surface area contributed by atoms with Gasteiger partial charge < -0.3 is 9.80 Å². The van der Waals surface area contributed by atoms with Gasteiger partial charge in [0.15, 0.2) is 0 Å². The summed E-state index contributed by atoms with van der Waals surface area (Å²) in [7, 11) is 0. The number of amides is 2. The van der Waals surface area contributed by atoms with Gasteiger partial charge in [-0.15, -0.1) is 11.3 Å². The maximum absolute atomic E-state index is 12.5. The maximum Gasteiger partial charge on any atom is 0.264 e. The minimum atomic E-state index is 0.0772. The predicted molar refractivity (Wildman–Crippen MR) is 102 cm³/mol. The van der Waals surface area contributed by atoms with E-state index in [1.807, 2.05) is 15.9 Å². The fourth-order valence-electron chi connectivity index (χ4n) is 3.15. The van der Waals surface area contributed by atoms with Crippen molar-refractivity contribution in [2.24, 2.45) is 0 Å². The average molecular weight is 479 g/mol. The van der Waals surface area contributed by atoms with Crippen molar-refractivity contribution >= 4 is 55.0 Å². The molecular formula is C16H21Br2N3O2S. The molecule has 0 atom stereocenters. The predicted octanol–water partition coefficient (Wildman–Crippen LogP) is 3.04. The Kier molecular flexibility index (Phi) is 6.34. The Bertz CT molecular complexity index is 589. The number of thiophene rings is 1. The van der Waals surface area contributed by atoms with Gasteiger partial charge in [-0.1, -0.05) is 0 Å². The highest BCUT2D eigenvalue weighted by atomic mass is 79.9. The van der Waals surface area contributed by atoms with Crippen molar-refractivity contribution in [2.45, 2.75) is 19.3 Å². The van der Waals surface area contributed by atoms with Crippen LogP contribution < -0.4 is 0 Å². The first kappa shape index (κ1) is 18.4. The number of rotatable bonds is 3. The summed E-state index contributed by atoms with van der Waals surface area (Å²) in [6.07, 6.45) is 3.49. The minimum absolute atomic E-state index is 0.0772. The fraction of sp³-hybridized carbons (Fsp3) is 0.625. The smallest absolute Gasteiger partial charge is 0.264 e. The van der Waals surface area contributed by atoms with Gasteiger partial charge in [0.25, 0.3) is 5.91 Å². The second-order valence-electron chi connectivity index (χ2n) is 6.24. The van der Waals surface area contributed by atoms with Crippen molar-refractivity contribution in [3.05, 3.63) is 19.2 Å². The zero-order valence-corrected chi connectivity index (χ0v) is 17.5. The highest BCUT2D eigenvalue weighted by Gasteiger charge is 2.26. The second-order valence-corrected chi connectivity index (χ2v) is 9.47. The standard InChI is InChI=1S/C16H21Br2N3O2S/c17-12-10-13(24-15(12)18)16(23)21-8-6-19(7-9-21)11-14(22)20-4-2-1-3-5-20/h10H,1-9,11H2. The van der Waals surface area contributed by atoms with Crippen LogP contribution in [0.5, 0.6) is 0 Å². The summed E-state index contributed by atoms with van der Waals surface area (Å²) in [4.78, 5) is 31.7. The molecule has 0 N–H and O–H groups in total. The summed E-state index contributed by atoms with van der Waals surface area (Å²) < 4.78 is 1.86. The molecule has 0 aliphatic carbocycles. The van der Waals surface area contributed by atoms with Crippen LogP contribution in [0.1, 0.15) is 28.9 Å². The van der Waals surface area contributed by atoms with Gasteiger partial charge in [-0.3, -0.25) is 14.5 Å². The molecule has 2 saturated heterocycles. The number of nitrogens with zero attached hydrogens (tertiary/aromatic N) is 3. The third-order valence-corrected chi connectivity index (χ3v) is 7.83. The summed E-state index contributed by atoms with van der Waals surface area (Å²) in [5, 5.41) is 0. The van der Waals surface area contributed by atoms with Gasteiger partial charge in [-0.05, 0) is 57.2 Å². The monoisotopic (exact) mass is 477 g/mol. The lowest BCUT2D eigenvalue weighted by Gasteiger charge is -2.35. The van der Waals surface area contributed by atoms with Crippen molar-refractivity contribution in [1.82, 2.24) is 14.7 Å². The molecule has 0 unspecified atom stereocenters. The van der Waals surface area contributed by atoms with E-state index < -0.39 is 0 Å². The van der Waals surface area contributed by atoms with E-state index in [1.54, 1.807) is 0 Å². The highest BCUT2D eigenvalue weighted by molar-refractivity contribution is 9.13. The molecule has 0 bridgehead atoms. The van der Waals surface area contributed by atoms with E-state index in [0.29, 0.717) is 19.6 Å². The molecule has 0 spiro atoms. The largest absolute Gasteiger partial charge is 0.342 e. The van der Waals surface area contributed by atoms with Crippen LogP contribution in [0.15, 0.2) is 14.3 Å². The molecule has 8 heteroatoms. The normalized spacial score (nSPS) is 19.6. The quantitative estimate of drug-likeness (QED) is 0.670. The Morgan fingerprint density at radius 2 is 1.62 bits per heavy atom. The average Bonchev–Trinajstić information content (AvgIpc) is 2.95. The zero-order chi connectivity index (χ0) is 17.1. The molecule has 2 fully saturated rings. The van der Waals surface area contributed by atoms with Crippen LogP contribution in [0.2, 0.25) is 0 Å².